The van der Waals surface area contributed by atoms with Crippen molar-refractivity contribution < 1.29 is 4.79 Å². The molecular weight excluding hydrogens is 397 g/mol. The topological polar surface area (TPSA) is 68.0 Å². The number of carbonyl (C=O) groups excluding carboxylic acids is 1. The zero-order valence-electron chi connectivity index (χ0n) is 9.45. The van der Waals surface area contributed by atoms with Gasteiger partial charge in [-0.1, -0.05) is 17.7 Å². The molecule has 3 N–H and O–H groups in total. The number of halogens is 3. The van der Waals surface area contributed by atoms with Gasteiger partial charge in [-0.2, -0.15) is 0 Å². The van der Waals surface area contributed by atoms with Crippen molar-refractivity contribution in [3.8, 4) is 0 Å². The highest BCUT2D eigenvalue weighted by Gasteiger charge is 2.12. The summed E-state index contributed by atoms with van der Waals surface area (Å²) in [7, 11) is 0. The molecule has 0 atom stereocenters. The minimum atomic E-state index is -0.282. The number of nitrogens with two attached hydrogens (primary N) is 1. The Kier molecular flexibility index (Phi) is 4.44. The number of benzene rings is 1. The molecule has 2 rings (SSSR count). The summed E-state index contributed by atoms with van der Waals surface area (Å²) >= 11 is 12.3. The van der Waals surface area contributed by atoms with Gasteiger partial charge in [0.15, 0.2) is 0 Å². The largest absolute Gasteiger partial charge is 0.398 e. The van der Waals surface area contributed by atoms with Crippen molar-refractivity contribution in [2.45, 2.75) is 0 Å². The SMILES string of the molecule is Nc1cccc(C(=O)Nc2cnc(Cl)c(Br)c2)c1Br. The maximum Gasteiger partial charge on any atom is 0.256 e. The molecule has 7 heteroatoms. The number of carbonyl (C=O) groups is 1. The lowest BCUT2D eigenvalue weighted by molar-refractivity contribution is 0.102. The maximum atomic E-state index is 12.1. The van der Waals surface area contributed by atoms with Crippen LogP contribution >= 0.6 is 43.5 Å². The van der Waals surface area contributed by atoms with E-state index in [-0.39, 0.29) is 5.91 Å². The van der Waals surface area contributed by atoms with E-state index in [1.54, 1.807) is 24.3 Å². The first-order chi connectivity index (χ1) is 8.99. The lowest BCUT2D eigenvalue weighted by Gasteiger charge is -2.08. The smallest absolute Gasteiger partial charge is 0.256 e. The quantitative estimate of drug-likeness (QED) is 0.584. The van der Waals surface area contributed by atoms with Crippen LogP contribution < -0.4 is 11.1 Å². The highest BCUT2D eigenvalue weighted by molar-refractivity contribution is 9.11. The number of anilines is 2. The number of aromatic nitrogens is 1. The van der Waals surface area contributed by atoms with Crippen molar-refractivity contribution in [1.29, 1.82) is 0 Å². The van der Waals surface area contributed by atoms with E-state index in [0.717, 1.165) is 0 Å². The zero-order chi connectivity index (χ0) is 14.0. The summed E-state index contributed by atoms with van der Waals surface area (Å²) in [6.07, 6.45) is 1.48. The van der Waals surface area contributed by atoms with E-state index < -0.39 is 0 Å². The minimum Gasteiger partial charge on any atom is -0.398 e. The molecule has 0 aliphatic heterocycles. The van der Waals surface area contributed by atoms with Gasteiger partial charge in [0.05, 0.1) is 26.4 Å². The Labute approximate surface area is 131 Å². The molecule has 0 aliphatic rings. The Bertz CT molecular complexity index is 649. The molecule has 19 heavy (non-hydrogen) atoms. The number of amides is 1. The van der Waals surface area contributed by atoms with E-state index in [1.807, 2.05) is 0 Å². The fraction of sp³-hybridized carbons (Fsp3) is 0. The zero-order valence-corrected chi connectivity index (χ0v) is 13.4. The molecule has 0 unspecified atom stereocenters. The third-order valence-electron chi connectivity index (χ3n) is 2.33. The van der Waals surface area contributed by atoms with Crippen molar-refractivity contribution in [1.82, 2.24) is 4.98 Å². The van der Waals surface area contributed by atoms with E-state index >= 15 is 0 Å². The molecule has 1 amide bonds. The molecule has 1 aromatic heterocycles. The Morgan fingerprint density at radius 2 is 2.11 bits per heavy atom. The normalized spacial score (nSPS) is 10.3. The van der Waals surface area contributed by atoms with E-state index in [1.165, 1.54) is 6.20 Å². The fourth-order valence-corrected chi connectivity index (χ4v) is 2.31. The van der Waals surface area contributed by atoms with Crippen molar-refractivity contribution in [2.75, 3.05) is 11.1 Å². The predicted molar refractivity (Wildman–Crippen MR) is 83.5 cm³/mol. The van der Waals surface area contributed by atoms with Gasteiger partial charge in [-0.15, -0.1) is 0 Å². The second-order valence-corrected chi connectivity index (χ2v) is 5.66. The molecule has 0 aliphatic carbocycles. The Hall–Kier alpha value is -1.11. The molecule has 4 nitrogen and oxygen atoms in total. The van der Waals surface area contributed by atoms with Gasteiger partial charge in [-0.3, -0.25) is 4.79 Å². The summed E-state index contributed by atoms with van der Waals surface area (Å²) in [5.74, 6) is -0.282. The summed E-state index contributed by atoms with van der Waals surface area (Å²) in [6.45, 7) is 0. The summed E-state index contributed by atoms with van der Waals surface area (Å²) in [4.78, 5) is 16.0. The highest BCUT2D eigenvalue weighted by atomic mass is 79.9. The van der Waals surface area contributed by atoms with E-state index in [2.05, 4.69) is 42.2 Å². The van der Waals surface area contributed by atoms with E-state index in [0.29, 0.717) is 31.0 Å². The summed E-state index contributed by atoms with van der Waals surface area (Å²) in [6, 6.07) is 6.77. The average Bonchev–Trinajstić information content (AvgIpc) is 2.37. The Morgan fingerprint density at radius 3 is 2.79 bits per heavy atom. The van der Waals surface area contributed by atoms with Crippen molar-refractivity contribution >= 4 is 60.7 Å². The predicted octanol–water partition coefficient (Wildman–Crippen LogP) is 4.09. The van der Waals surface area contributed by atoms with Gasteiger partial charge >= 0.3 is 0 Å². The second-order valence-electron chi connectivity index (χ2n) is 3.66. The fourth-order valence-electron chi connectivity index (χ4n) is 1.41. The van der Waals surface area contributed by atoms with Crippen LogP contribution in [-0.4, -0.2) is 10.9 Å². The van der Waals surface area contributed by atoms with Crippen LogP contribution in [0, 0.1) is 0 Å². The van der Waals surface area contributed by atoms with Crippen molar-refractivity contribution in [3.05, 3.63) is 50.1 Å². The van der Waals surface area contributed by atoms with Crippen LogP contribution in [0.25, 0.3) is 0 Å². The first-order valence-electron chi connectivity index (χ1n) is 5.15. The number of hydrogen-bond donors (Lipinski definition) is 2. The molecule has 1 aromatic carbocycles. The molecule has 98 valence electrons. The van der Waals surface area contributed by atoms with Crippen LogP contribution in [0.15, 0.2) is 39.4 Å². The van der Waals surface area contributed by atoms with Gasteiger partial charge in [-0.25, -0.2) is 4.98 Å². The first-order valence-corrected chi connectivity index (χ1v) is 7.12. The first kappa shape index (κ1) is 14.3. The molecule has 2 aromatic rings. The molecule has 0 fully saturated rings. The molecule has 1 heterocycles. The van der Waals surface area contributed by atoms with Crippen LogP contribution in [0.3, 0.4) is 0 Å². The van der Waals surface area contributed by atoms with Crippen LogP contribution in [0.1, 0.15) is 10.4 Å². The van der Waals surface area contributed by atoms with E-state index in [9.17, 15) is 4.79 Å². The maximum absolute atomic E-state index is 12.1. The number of nitrogens with one attached hydrogen (secondary N) is 1. The number of nitrogens with zero attached hydrogens (tertiary/aromatic N) is 1. The van der Waals surface area contributed by atoms with Gasteiger partial charge < -0.3 is 11.1 Å². The van der Waals surface area contributed by atoms with Crippen molar-refractivity contribution in [2.24, 2.45) is 0 Å². The van der Waals surface area contributed by atoms with Gasteiger partial charge in [0, 0.05) is 5.69 Å². The third-order valence-corrected chi connectivity index (χ3v) is 4.35. The molecule has 0 saturated carbocycles. The van der Waals surface area contributed by atoms with Crippen LogP contribution in [0.4, 0.5) is 11.4 Å². The van der Waals surface area contributed by atoms with E-state index in [4.69, 9.17) is 17.3 Å². The monoisotopic (exact) mass is 403 g/mol. The van der Waals surface area contributed by atoms with Gasteiger partial charge in [-0.05, 0) is 50.1 Å². The number of rotatable bonds is 2. The summed E-state index contributed by atoms with van der Waals surface area (Å²) in [5.41, 5.74) is 7.22. The van der Waals surface area contributed by atoms with Gasteiger partial charge in [0.2, 0.25) is 0 Å². The highest BCUT2D eigenvalue weighted by Crippen LogP contribution is 2.26. The number of nitrogen functional groups attached to an aromatic ring is 1. The lowest BCUT2D eigenvalue weighted by atomic mass is 10.2. The second kappa shape index (κ2) is 5.90. The number of hydrogen-bond acceptors (Lipinski definition) is 3. The molecule has 0 bridgehead atoms. The van der Waals surface area contributed by atoms with Gasteiger partial charge in [0.25, 0.3) is 5.91 Å². The van der Waals surface area contributed by atoms with Crippen LogP contribution in [0.2, 0.25) is 5.15 Å². The summed E-state index contributed by atoms with van der Waals surface area (Å²) < 4.78 is 1.17. The molecule has 0 saturated heterocycles. The molecule has 0 radical (unpaired) electrons. The Balaban J connectivity index is 2.26. The third kappa shape index (κ3) is 3.26. The Morgan fingerprint density at radius 1 is 1.37 bits per heavy atom. The molecule has 0 spiro atoms. The van der Waals surface area contributed by atoms with Crippen molar-refractivity contribution in [3.63, 3.8) is 0 Å². The number of pyridine rings is 1. The standard InChI is InChI=1S/C12H8Br2ClN3O/c13-8-4-6(5-17-11(8)15)18-12(19)7-2-1-3-9(16)10(7)14/h1-5H,16H2,(H,18,19). The van der Waals surface area contributed by atoms with Crippen LogP contribution in [-0.2, 0) is 0 Å². The lowest BCUT2D eigenvalue weighted by Crippen LogP contribution is -2.13. The molecular formula is C12H8Br2ClN3O. The minimum absolute atomic E-state index is 0.282. The van der Waals surface area contributed by atoms with Gasteiger partial charge in [0.1, 0.15) is 5.15 Å². The van der Waals surface area contributed by atoms with Crippen LogP contribution in [0.5, 0.6) is 0 Å². The average molecular weight is 405 g/mol. The summed E-state index contributed by atoms with van der Waals surface area (Å²) in [5, 5.41) is 3.05.